The Morgan fingerprint density at radius 1 is 1.33 bits per heavy atom. The molecule has 2 N–H and O–H groups in total. The lowest BCUT2D eigenvalue weighted by molar-refractivity contribution is 0.0600. The van der Waals surface area contributed by atoms with E-state index in [-0.39, 0.29) is 18.4 Å². The standard InChI is InChI=1S/C14H21NO5S/c1-3-13(8-9-16)15-21(18,19)10-11-4-6-12(7-5-11)14(17)20-2/h4-7,13,15-16H,3,8-10H2,1-2H3. The van der Waals surface area contributed by atoms with Gasteiger partial charge in [0.15, 0.2) is 0 Å². The average Bonchev–Trinajstić information content (AvgIpc) is 2.46. The van der Waals surface area contributed by atoms with Crippen LogP contribution in [-0.4, -0.2) is 39.3 Å². The van der Waals surface area contributed by atoms with E-state index in [4.69, 9.17) is 5.11 Å². The summed E-state index contributed by atoms with van der Waals surface area (Å²) in [6.07, 6.45) is 0.998. The van der Waals surface area contributed by atoms with Gasteiger partial charge in [-0.05, 0) is 30.5 Å². The molecule has 0 bridgehead atoms. The summed E-state index contributed by atoms with van der Waals surface area (Å²) in [6.45, 7) is 1.79. The molecule has 1 aromatic rings. The molecule has 0 fully saturated rings. The summed E-state index contributed by atoms with van der Waals surface area (Å²) in [6, 6.07) is 5.95. The Bertz CT molecular complexity index is 553. The Labute approximate surface area is 125 Å². The quantitative estimate of drug-likeness (QED) is 0.700. The van der Waals surface area contributed by atoms with E-state index in [2.05, 4.69) is 9.46 Å². The molecule has 1 aromatic carbocycles. The number of aliphatic hydroxyl groups is 1. The van der Waals surface area contributed by atoms with Gasteiger partial charge >= 0.3 is 5.97 Å². The fourth-order valence-corrected chi connectivity index (χ4v) is 3.38. The minimum atomic E-state index is -3.48. The zero-order chi connectivity index (χ0) is 15.9. The van der Waals surface area contributed by atoms with Gasteiger partial charge in [-0.1, -0.05) is 19.1 Å². The van der Waals surface area contributed by atoms with Crippen molar-refractivity contribution < 1.29 is 23.1 Å². The number of hydrogen-bond donors (Lipinski definition) is 2. The number of carbonyl (C=O) groups is 1. The van der Waals surface area contributed by atoms with Crippen LogP contribution in [0, 0.1) is 0 Å². The second kappa shape index (κ2) is 8.11. The van der Waals surface area contributed by atoms with Crippen molar-refractivity contribution in [3.8, 4) is 0 Å². The van der Waals surface area contributed by atoms with E-state index in [1.807, 2.05) is 6.92 Å². The van der Waals surface area contributed by atoms with Gasteiger partial charge in [0.1, 0.15) is 0 Å². The number of nitrogens with one attached hydrogen (secondary N) is 1. The number of ether oxygens (including phenoxy) is 1. The van der Waals surface area contributed by atoms with Crippen LogP contribution in [0.5, 0.6) is 0 Å². The highest BCUT2D eigenvalue weighted by Crippen LogP contribution is 2.10. The van der Waals surface area contributed by atoms with E-state index >= 15 is 0 Å². The van der Waals surface area contributed by atoms with Crippen LogP contribution in [0.2, 0.25) is 0 Å². The van der Waals surface area contributed by atoms with Gasteiger partial charge in [-0.2, -0.15) is 0 Å². The van der Waals surface area contributed by atoms with Crippen LogP contribution < -0.4 is 4.72 Å². The van der Waals surface area contributed by atoms with Gasteiger partial charge in [0.25, 0.3) is 0 Å². The molecule has 0 aliphatic rings. The number of methoxy groups -OCH3 is 1. The van der Waals surface area contributed by atoms with Crippen molar-refractivity contribution in [3.63, 3.8) is 0 Å². The predicted molar refractivity (Wildman–Crippen MR) is 79.3 cm³/mol. The summed E-state index contributed by atoms with van der Waals surface area (Å²) in [4.78, 5) is 11.3. The number of hydrogen-bond acceptors (Lipinski definition) is 5. The molecule has 118 valence electrons. The lowest BCUT2D eigenvalue weighted by atomic mass is 10.1. The highest BCUT2D eigenvalue weighted by Gasteiger charge is 2.17. The van der Waals surface area contributed by atoms with Crippen LogP contribution >= 0.6 is 0 Å². The van der Waals surface area contributed by atoms with Gasteiger partial charge in [-0.25, -0.2) is 17.9 Å². The van der Waals surface area contributed by atoms with E-state index in [1.165, 1.54) is 19.2 Å². The molecule has 0 aliphatic carbocycles. The first-order valence-electron chi connectivity index (χ1n) is 6.70. The molecule has 0 aromatic heterocycles. The SMILES string of the molecule is CCC(CCO)NS(=O)(=O)Cc1ccc(C(=O)OC)cc1. The number of aliphatic hydroxyl groups excluding tert-OH is 1. The maximum absolute atomic E-state index is 12.0. The normalized spacial score (nSPS) is 12.9. The fraction of sp³-hybridized carbons (Fsp3) is 0.500. The van der Waals surface area contributed by atoms with Gasteiger partial charge < -0.3 is 9.84 Å². The summed E-state index contributed by atoms with van der Waals surface area (Å²) in [5.74, 6) is -0.632. The summed E-state index contributed by atoms with van der Waals surface area (Å²) in [5.41, 5.74) is 0.951. The smallest absolute Gasteiger partial charge is 0.337 e. The summed E-state index contributed by atoms with van der Waals surface area (Å²) < 4.78 is 31.2. The Balaban J connectivity index is 2.73. The molecule has 0 amide bonds. The molecule has 1 unspecified atom stereocenters. The second-order valence-electron chi connectivity index (χ2n) is 4.68. The first-order valence-corrected chi connectivity index (χ1v) is 8.35. The molecule has 7 heteroatoms. The number of rotatable bonds is 8. The van der Waals surface area contributed by atoms with Gasteiger partial charge in [-0.15, -0.1) is 0 Å². The monoisotopic (exact) mass is 315 g/mol. The molecule has 21 heavy (non-hydrogen) atoms. The molecule has 0 saturated heterocycles. The molecule has 6 nitrogen and oxygen atoms in total. The summed E-state index contributed by atoms with van der Waals surface area (Å²) in [5, 5.41) is 8.88. The first-order chi connectivity index (χ1) is 9.91. The molecule has 0 aliphatic heterocycles. The lowest BCUT2D eigenvalue weighted by Crippen LogP contribution is -2.35. The minimum absolute atomic E-state index is 0.0607. The third-order valence-corrected chi connectivity index (χ3v) is 4.45. The van der Waals surface area contributed by atoms with Crippen molar-refractivity contribution in [3.05, 3.63) is 35.4 Å². The van der Waals surface area contributed by atoms with E-state index in [9.17, 15) is 13.2 Å². The molecule has 1 rings (SSSR count). The molecular weight excluding hydrogens is 294 g/mol. The van der Waals surface area contributed by atoms with Crippen LogP contribution in [0.3, 0.4) is 0 Å². The molecule has 0 saturated carbocycles. The number of benzene rings is 1. The third-order valence-electron chi connectivity index (χ3n) is 3.05. The molecule has 0 heterocycles. The third kappa shape index (κ3) is 5.82. The lowest BCUT2D eigenvalue weighted by Gasteiger charge is -2.16. The van der Waals surface area contributed by atoms with Crippen LogP contribution in [-0.2, 0) is 20.5 Å². The Morgan fingerprint density at radius 3 is 2.43 bits per heavy atom. The number of carbonyl (C=O) groups excluding carboxylic acids is 1. The van der Waals surface area contributed by atoms with Gasteiger partial charge in [-0.3, -0.25) is 0 Å². The largest absolute Gasteiger partial charge is 0.465 e. The molecular formula is C14H21NO5S. The van der Waals surface area contributed by atoms with Crippen molar-refractivity contribution in [2.45, 2.75) is 31.6 Å². The van der Waals surface area contributed by atoms with Crippen molar-refractivity contribution in [1.82, 2.24) is 4.72 Å². The van der Waals surface area contributed by atoms with Gasteiger partial charge in [0.2, 0.25) is 10.0 Å². The van der Waals surface area contributed by atoms with Crippen LogP contribution in [0.15, 0.2) is 24.3 Å². The van der Waals surface area contributed by atoms with E-state index in [0.717, 1.165) is 0 Å². The van der Waals surface area contributed by atoms with Crippen molar-refractivity contribution in [2.24, 2.45) is 0 Å². The Kier molecular flexibility index (Phi) is 6.80. The predicted octanol–water partition coefficient (Wildman–Crippen LogP) is 1.05. The van der Waals surface area contributed by atoms with Crippen LogP contribution in [0.1, 0.15) is 35.7 Å². The van der Waals surface area contributed by atoms with Crippen molar-refractivity contribution >= 4 is 16.0 Å². The van der Waals surface area contributed by atoms with E-state index in [0.29, 0.717) is 24.0 Å². The second-order valence-corrected chi connectivity index (χ2v) is 6.44. The molecule has 0 radical (unpaired) electrons. The maximum Gasteiger partial charge on any atom is 0.337 e. The number of esters is 1. The topological polar surface area (TPSA) is 92.7 Å². The summed E-state index contributed by atoms with van der Waals surface area (Å²) in [7, 11) is -2.20. The van der Waals surface area contributed by atoms with Gasteiger partial charge in [0, 0.05) is 12.6 Å². The number of sulfonamides is 1. The maximum atomic E-state index is 12.0. The summed E-state index contributed by atoms with van der Waals surface area (Å²) >= 11 is 0. The minimum Gasteiger partial charge on any atom is -0.465 e. The average molecular weight is 315 g/mol. The zero-order valence-electron chi connectivity index (χ0n) is 12.2. The highest BCUT2D eigenvalue weighted by molar-refractivity contribution is 7.88. The van der Waals surface area contributed by atoms with Crippen molar-refractivity contribution in [1.29, 1.82) is 0 Å². The fourth-order valence-electron chi connectivity index (χ4n) is 1.87. The Hall–Kier alpha value is -1.44. The molecule has 0 spiro atoms. The van der Waals surface area contributed by atoms with E-state index in [1.54, 1.807) is 12.1 Å². The highest BCUT2D eigenvalue weighted by atomic mass is 32.2. The van der Waals surface area contributed by atoms with Crippen LogP contribution in [0.25, 0.3) is 0 Å². The van der Waals surface area contributed by atoms with Gasteiger partial charge in [0.05, 0.1) is 18.4 Å². The van der Waals surface area contributed by atoms with Crippen molar-refractivity contribution in [2.75, 3.05) is 13.7 Å². The Morgan fingerprint density at radius 2 is 1.95 bits per heavy atom. The van der Waals surface area contributed by atoms with Crippen LogP contribution in [0.4, 0.5) is 0 Å². The molecule has 1 atom stereocenters. The first kappa shape index (κ1) is 17.6. The zero-order valence-corrected chi connectivity index (χ0v) is 13.0. The van der Waals surface area contributed by atoms with E-state index < -0.39 is 16.0 Å².